The fourth-order valence-electron chi connectivity index (χ4n) is 3.17. The van der Waals surface area contributed by atoms with E-state index in [1.165, 1.54) is 24.7 Å². The van der Waals surface area contributed by atoms with Gasteiger partial charge in [0.25, 0.3) is 10.0 Å². The minimum Gasteiger partial charge on any atom is -0.478 e. The summed E-state index contributed by atoms with van der Waals surface area (Å²) in [6.45, 7) is 0.256. The van der Waals surface area contributed by atoms with Crippen molar-refractivity contribution >= 4 is 33.1 Å². The Hall–Kier alpha value is -4.44. The molecule has 4 rings (SSSR count). The number of para-hydroxylation sites is 3. The molecule has 0 aliphatic carbocycles. The Morgan fingerprint density at radius 2 is 1.74 bits per heavy atom. The Balaban J connectivity index is 1.80. The van der Waals surface area contributed by atoms with Crippen LogP contribution in [0.1, 0.15) is 15.9 Å². The second-order valence-electron chi connectivity index (χ2n) is 7.24. The van der Waals surface area contributed by atoms with Crippen LogP contribution in [0.15, 0.2) is 94.6 Å². The molecule has 0 saturated heterocycles. The number of hydrogen-bond donors (Lipinski definition) is 4. The molecule has 0 amide bonds. The van der Waals surface area contributed by atoms with E-state index in [0.29, 0.717) is 5.75 Å². The molecule has 0 atom stereocenters. The predicted octanol–water partition coefficient (Wildman–Crippen LogP) is 4.77. The molecule has 0 aliphatic rings. The van der Waals surface area contributed by atoms with E-state index >= 15 is 0 Å². The van der Waals surface area contributed by atoms with Crippen LogP contribution in [0.2, 0.25) is 0 Å². The first-order chi connectivity index (χ1) is 16.3. The fourth-order valence-corrected chi connectivity index (χ4v) is 4.39. The number of nitrogens with two attached hydrogens (primary N) is 1. The first kappa shape index (κ1) is 22.7. The number of benzene rings is 3. The van der Waals surface area contributed by atoms with E-state index < -0.39 is 16.0 Å². The quantitative estimate of drug-likeness (QED) is 0.251. The zero-order valence-electron chi connectivity index (χ0n) is 17.8. The summed E-state index contributed by atoms with van der Waals surface area (Å²) in [6, 6.07) is 19.0. The smallest absolute Gasteiger partial charge is 0.337 e. The van der Waals surface area contributed by atoms with E-state index in [4.69, 9.17) is 14.9 Å². The van der Waals surface area contributed by atoms with Crippen molar-refractivity contribution < 1.29 is 27.5 Å². The molecule has 0 unspecified atom stereocenters. The molecule has 0 spiro atoms. The van der Waals surface area contributed by atoms with Crippen molar-refractivity contribution in [2.24, 2.45) is 0 Å². The van der Waals surface area contributed by atoms with Gasteiger partial charge in [-0.1, -0.05) is 30.3 Å². The van der Waals surface area contributed by atoms with Crippen LogP contribution in [0.5, 0.6) is 11.5 Å². The van der Waals surface area contributed by atoms with Crippen LogP contribution < -0.4 is 20.5 Å². The lowest BCUT2D eigenvalue weighted by Crippen LogP contribution is -2.17. The zero-order valence-corrected chi connectivity index (χ0v) is 18.6. The van der Waals surface area contributed by atoms with Gasteiger partial charge in [-0.2, -0.15) is 0 Å². The number of aromatic carboxylic acids is 1. The van der Waals surface area contributed by atoms with Gasteiger partial charge < -0.3 is 25.3 Å². The molecule has 3 aromatic carbocycles. The molecule has 9 nitrogen and oxygen atoms in total. The third kappa shape index (κ3) is 5.13. The first-order valence-corrected chi connectivity index (χ1v) is 11.6. The third-order valence-electron chi connectivity index (χ3n) is 4.84. The Morgan fingerprint density at radius 3 is 2.41 bits per heavy atom. The number of carboxylic acids is 1. The van der Waals surface area contributed by atoms with E-state index in [1.54, 1.807) is 54.6 Å². The lowest BCUT2D eigenvalue weighted by atomic mass is 10.1. The maximum absolute atomic E-state index is 13.3. The van der Waals surface area contributed by atoms with Crippen molar-refractivity contribution in [1.29, 1.82) is 0 Å². The monoisotopic (exact) mass is 479 g/mol. The molecule has 4 aromatic rings. The van der Waals surface area contributed by atoms with Gasteiger partial charge in [-0.25, -0.2) is 13.2 Å². The number of anilines is 3. The summed E-state index contributed by atoms with van der Waals surface area (Å²) in [5, 5.41) is 12.8. The third-order valence-corrected chi connectivity index (χ3v) is 6.23. The minimum atomic E-state index is -4.28. The summed E-state index contributed by atoms with van der Waals surface area (Å²) in [5.74, 6) is -0.994. The Bertz CT molecular complexity index is 1400. The summed E-state index contributed by atoms with van der Waals surface area (Å²) in [4.78, 5) is 11.7. The van der Waals surface area contributed by atoms with Crippen molar-refractivity contribution in [2.75, 3.05) is 15.8 Å². The molecule has 1 heterocycles. The van der Waals surface area contributed by atoms with Crippen molar-refractivity contribution in [3.8, 4) is 11.5 Å². The van der Waals surface area contributed by atoms with Crippen LogP contribution in [0.4, 0.5) is 17.1 Å². The van der Waals surface area contributed by atoms with E-state index in [-0.39, 0.29) is 39.8 Å². The van der Waals surface area contributed by atoms with Crippen LogP contribution in [-0.2, 0) is 16.6 Å². The van der Waals surface area contributed by atoms with Crippen LogP contribution >= 0.6 is 0 Å². The molecule has 0 radical (unpaired) electrons. The number of sulfonamides is 1. The van der Waals surface area contributed by atoms with Gasteiger partial charge in [-0.15, -0.1) is 0 Å². The summed E-state index contributed by atoms with van der Waals surface area (Å²) in [7, 11) is -4.28. The molecule has 1 aromatic heterocycles. The fraction of sp³-hybridized carbons (Fsp3) is 0.0417. The normalized spacial score (nSPS) is 11.1. The number of nitrogens with one attached hydrogen (secondary N) is 2. The van der Waals surface area contributed by atoms with Gasteiger partial charge in [0.1, 0.15) is 16.4 Å². The second kappa shape index (κ2) is 9.59. The molecule has 0 saturated carbocycles. The summed E-state index contributed by atoms with van der Waals surface area (Å²) in [5.41, 5.74) is 6.97. The molecular formula is C24H21N3O6S. The molecule has 10 heteroatoms. The highest BCUT2D eigenvalue weighted by Crippen LogP contribution is 2.36. The maximum atomic E-state index is 13.3. The lowest BCUT2D eigenvalue weighted by molar-refractivity contribution is 0.0697. The summed E-state index contributed by atoms with van der Waals surface area (Å²) in [6.07, 6.45) is 3.01. The Morgan fingerprint density at radius 1 is 1.00 bits per heavy atom. The van der Waals surface area contributed by atoms with Gasteiger partial charge in [-0.05, 0) is 36.4 Å². The van der Waals surface area contributed by atoms with Gasteiger partial charge in [0.15, 0.2) is 0 Å². The van der Waals surface area contributed by atoms with E-state index in [1.807, 2.05) is 0 Å². The minimum absolute atomic E-state index is 0.0621. The molecule has 0 fully saturated rings. The number of carbonyl (C=O) groups is 1. The highest BCUT2D eigenvalue weighted by Gasteiger charge is 2.26. The first-order valence-electron chi connectivity index (χ1n) is 10.1. The van der Waals surface area contributed by atoms with E-state index in [9.17, 15) is 18.3 Å². The average Bonchev–Trinajstić information content (AvgIpc) is 3.33. The topological polar surface area (TPSA) is 144 Å². The lowest BCUT2D eigenvalue weighted by Gasteiger charge is -2.18. The molecular weight excluding hydrogens is 458 g/mol. The Kier molecular flexibility index (Phi) is 6.42. The van der Waals surface area contributed by atoms with Crippen LogP contribution in [0, 0.1) is 0 Å². The predicted molar refractivity (Wildman–Crippen MR) is 128 cm³/mol. The number of nitrogen functional groups attached to an aromatic ring is 1. The maximum Gasteiger partial charge on any atom is 0.337 e. The number of carboxylic acid groups (broad SMARTS) is 1. The van der Waals surface area contributed by atoms with Gasteiger partial charge >= 0.3 is 5.97 Å². The molecule has 34 heavy (non-hydrogen) atoms. The number of furan rings is 1. The molecule has 0 aliphatic heterocycles. The van der Waals surface area contributed by atoms with Crippen LogP contribution in [0.25, 0.3) is 0 Å². The van der Waals surface area contributed by atoms with Crippen molar-refractivity contribution in [1.82, 2.24) is 0 Å². The summed E-state index contributed by atoms with van der Waals surface area (Å²) >= 11 is 0. The highest BCUT2D eigenvalue weighted by atomic mass is 32.2. The number of hydrogen-bond acceptors (Lipinski definition) is 7. The molecule has 0 bridgehead atoms. The van der Waals surface area contributed by atoms with Gasteiger partial charge in [0.05, 0.1) is 35.2 Å². The van der Waals surface area contributed by atoms with Crippen molar-refractivity contribution in [2.45, 2.75) is 11.4 Å². The number of ether oxygens (including phenoxy) is 1. The largest absolute Gasteiger partial charge is 0.478 e. The molecule has 174 valence electrons. The Labute approximate surface area is 195 Å². The standard InChI is InChI=1S/C24H21N3O6S/c25-19-8-4-5-9-20(19)27-34(30,31)23-12-18(24(28)29)21(26-14-16-10-11-32-15-16)13-22(23)33-17-6-2-1-3-7-17/h1-13,15,26-27H,14,25H2,(H,28,29). The summed E-state index contributed by atoms with van der Waals surface area (Å²) < 4.78 is 40.0. The van der Waals surface area contributed by atoms with Crippen LogP contribution in [0.3, 0.4) is 0 Å². The van der Waals surface area contributed by atoms with Gasteiger partial charge in [0, 0.05) is 18.2 Å². The van der Waals surface area contributed by atoms with Gasteiger partial charge in [0.2, 0.25) is 0 Å². The van der Waals surface area contributed by atoms with Gasteiger partial charge in [-0.3, -0.25) is 4.72 Å². The van der Waals surface area contributed by atoms with E-state index in [0.717, 1.165) is 11.6 Å². The average molecular weight is 480 g/mol. The van der Waals surface area contributed by atoms with Crippen LogP contribution in [-0.4, -0.2) is 19.5 Å². The SMILES string of the molecule is Nc1ccccc1NS(=O)(=O)c1cc(C(=O)O)c(NCc2ccoc2)cc1Oc1ccccc1. The molecule has 5 N–H and O–H groups in total. The highest BCUT2D eigenvalue weighted by molar-refractivity contribution is 7.92. The zero-order chi connectivity index (χ0) is 24.1. The second-order valence-corrected chi connectivity index (χ2v) is 8.89. The van der Waals surface area contributed by atoms with Crippen molar-refractivity contribution in [3.05, 3.63) is 96.4 Å². The van der Waals surface area contributed by atoms with Crippen molar-refractivity contribution in [3.63, 3.8) is 0 Å². The van der Waals surface area contributed by atoms with E-state index in [2.05, 4.69) is 10.0 Å². The number of rotatable bonds is 9.